The molecule has 2 rings (SSSR count). The summed E-state index contributed by atoms with van der Waals surface area (Å²) in [5, 5.41) is 19.9. The van der Waals surface area contributed by atoms with E-state index < -0.39 is 5.97 Å². The number of carboxylic acid groups (broad SMARTS) is 1. The summed E-state index contributed by atoms with van der Waals surface area (Å²) in [7, 11) is 0. The van der Waals surface area contributed by atoms with Gasteiger partial charge in [0.15, 0.2) is 0 Å². The number of hydrogen-bond donors (Lipinski definition) is 1. The third kappa shape index (κ3) is 3.47. The molecule has 7 heteroatoms. The van der Waals surface area contributed by atoms with E-state index in [1.807, 2.05) is 4.90 Å². The largest absolute Gasteiger partial charge is 0.481 e. The standard InChI is InChI=1S/C13H15BrN2O4/c14-10-1-2-11(12(8-10)16(19)20)15-5-3-9(4-6-15)7-13(17)18/h1-2,8-9H,3-7H2,(H,17,18). The summed E-state index contributed by atoms with van der Waals surface area (Å²) in [6.07, 6.45) is 1.68. The fourth-order valence-electron chi connectivity index (χ4n) is 2.54. The van der Waals surface area contributed by atoms with Crippen molar-refractivity contribution in [1.82, 2.24) is 0 Å². The molecule has 0 amide bonds. The Morgan fingerprint density at radius 3 is 2.65 bits per heavy atom. The van der Waals surface area contributed by atoms with Crippen molar-refractivity contribution in [3.05, 3.63) is 32.8 Å². The van der Waals surface area contributed by atoms with Crippen LogP contribution in [0.1, 0.15) is 19.3 Å². The van der Waals surface area contributed by atoms with Crippen molar-refractivity contribution in [3.63, 3.8) is 0 Å². The topological polar surface area (TPSA) is 83.7 Å². The SMILES string of the molecule is O=C(O)CC1CCN(c2ccc(Br)cc2[N+](=O)[O-])CC1. The maximum Gasteiger partial charge on any atom is 0.303 e. The first-order valence-corrected chi connectivity index (χ1v) is 7.17. The van der Waals surface area contributed by atoms with Gasteiger partial charge in [-0.3, -0.25) is 14.9 Å². The van der Waals surface area contributed by atoms with Crippen LogP contribution in [0.25, 0.3) is 0 Å². The lowest BCUT2D eigenvalue weighted by Crippen LogP contribution is -2.34. The van der Waals surface area contributed by atoms with Gasteiger partial charge in [-0.25, -0.2) is 0 Å². The number of nitro groups is 1. The van der Waals surface area contributed by atoms with Gasteiger partial charge in [0.2, 0.25) is 0 Å². The first-order valence-electron chi connectivity index (χ1n) is 6.38. The lowest BCUT2D eigenvalue weighted by molar-refractivity contribution is -0.384. The zero-order valence-electron chi connectivity index (χ0n) is 10.8. The minimum Gasteiger partial charge on any atom is -0.481 e. The number of halogens is 1. The first-order chi connectivity index (χ1) is 9.47. The second-order valence-corrected chi connectivity index (χ2v) is 5.83. The molecule has 0 aliphatic carbocycles. The Kier molecular flexibility index (Phi) is 4.59. The van der Waals surface area contributed by atoms with Gasteiger partial charge in [-0.05, 0) is 30.9 Å². The third-order valence-electron chi connectivity index (χ3n) is 3.55. The quantitative estimate of drug-likeness (QED) is 0.671. The predicted molar refractivity (Wildman–Crippen MR) is 78.0 cm³/mol. The van der Waals surface area contributed by atoms with Gasteiger partial charge in [-0.15, -0.1) is 0 Å². The number of carbonyl (C=O) groups is 1. The molecule has 108 valence electrons. The molecule has 1 aliphatic rings. The average molecular weight is 343 g/mol. The number of nitro benzene ring substituents is 1. The minimum absolute atomic E-state index is 0.0797. The molecule has 0 radical (unpaired) electrons. The van der Waals surface area contributed by atoms with Crippen LogP contribution in [0.3, 0.4) is 0 Å². The Bertz CT molecular complexity index is 527. The molecule has 0 bridgehead atoms. The molecule has 6 nitrogen and oxygen atoms in total. The van der Waals surface area contributed by atoms with Crippen LogP contribution in [0.5, 0.6) is 0 Å². The second kappa shape index (κ2) is 6.21. The summed E-state index contributed by atoms with van der Waals surface area (Å²) in [5.41, 5.74) is 0.683. The van der Waals surface area contributed by atoms with Gasteiger partial charge in [-0.1, -0.05) is 15.9 Å². The van der Waals surface area contributed by atoms with Gasteiger partial charge in [0.25, 0.3) is 5.69 Å². The van der Waals surface area contributed by atoms with Crippen molar-refractivity contribution in [2.75, 3.05) is 18.0 Å². The normalized spacial score (nSPS) is 16.1. The van der Waals surface area contributed by atoms with Crippen molar-refractivity contribution in [3.8, 4) is 0 Å². The van der Waals surface area contributed by atoms with Crippen molar-refractivity contribution in [1.29, 1.82) is 0 Å². The van der Waals surface area contributed by atoms with Crippen LogP contribution in [0.2, 0.25) is 0 Å². The highest BCUT2D eigenvalue weighted by Crippen LogP contribution is 2.34. The summed E-state index contributed by atoms with van der Waals surface area (Å²) in [6, 6.07) is 5.02. The smallest absolute Gasteiger partial charge is 0.303 e. The van der Waals surface area contributed by atoms with Crippen molar-refractivity contribution in [2.45, 2.75) is 19.3 Å². The fraction of sp³-hybridized carbons (Fsp3) is 0.462. The Hall–Kier alpha value is -1.63. The molecule has 1 fully saturated rings. The van der Waals surface area contributed by atoms with Gasteiger partial charge in [0.05, 0.1) is 4.92 Å². The molecule has 1 saturated heterocycles. The maximum atomic E-state index is 11.1. The fourth-order valence-corrected chi connectivity index (χ4v) is 2.88. The van der Waals surface area contributed by atoms with Gasteiger partial charge in [-0.2, -0.15) is 0 Å². The molecule has 0 saturated carbocycles. The van der Waals surface area contributed by atoms with E-state index in [0.29, 0.717) is 23.2 Å². The molecule has 1 N–H and O–H groups in total. The Balaban J connectivity index is 2.11. The van der Waals surface area contributed by atoms with E-state index in [9.17, 15) is 14.9 Å². The lowest BCUT2D eigenvalue weighted by atomic mass is 9.93. The number of benzene rings is 1. The number of hydrogen-bond acceptors (Lipinski definition) is 4. The molecule has 0 aromatic heterocycles. The molecule has 1 aliphatic heterocycles. The van der Waals surface area contributed by atoms with E-state index in [1.165, 1.54) is 6.07 Å². The number of rotatable bonds is 4. The molecule has 1 aromatic rings. The molecule has 1 heterocycles. The van der Waals surface area contributed by atoms with Gasteiger partial charge in [0, 0.05) is 30.0 Å². The number of piperidine rings is 1. The molecular weight excluding hydrogens is 328 g/mol. The highest BCUT2D eigenvalue weighted by atomic mass is 79.9. The highest BCUT2D eigenvalue weighted by Gasteiger charge is 2.25. The van der Waals surface area contributed by atoms with E-state index >= 15 is 0 Å². The summed E-state index contributed by atoms with van der Waals surface area (Å²) in [6.45, 7) is 1.31. The number of aliphatic carboxylic acids is 1. The zero-order valence-corrected chi connectivity index (χ0v) is 12.4. The van der Waals surface area contributed by atoms with Crippen LogP contribution in [0, 0.1) is 16.0 Å². The summed E-state index contributed by atoms with van der Waals surface area (Å²) < 4.78 is 0.675. The van der Waals surface area contributed by atoms with Crippen LogP contribution in [-0.4, -0.2) is 29.1 Å². The lowest BCUT2D eigenvalue weighted by Gasteiger charge is -2.32. The van der Waals surface area contributed by atoms with E-state index in [1.54, 1.807) is 12.1 Å². The molecule has 1 aromatic carbocycles. The monoisotopic (exact) mass is 342 g/mol. The average Bonchev–Trinajstić information content (AvgIpc) is 2.39. The van der Waals surface area contributed by atoms with Crippen LogP contribution < -0.4 is 4.90 Å². The highest BCUT2D eigenvalue weighted by molar-refractivity contribution is 9.10. The van der Waals surface area contributed by atoms with E-state index in [0.717, 1.165) is 12.8 Å². The van der Waals surface area contributed by atoms with Crippen molar-refractivity contribution < 1.29 is 14.8 Å². The molecule has 0 spiro atoms. The van der Waals surface area contributed by atoms with Crippen LogP contribution in [0.15, 0.2) is 22.7 Å². The van der Waals surface area contributed by atoms with Crippen molar-refractivity contribution in [2.24, 2.45) is 5.92 Å². The van der Waals surface area contributed by atoms with Crippen LogP contribution in [-0.2, 0) is 4.79 Å². The van der Waals surface area contributed by atoms with E-state index in [-0.39, 0.29) is 22.9 Å². The number of nitrogens with zero attached hydrogens (tertiary/aromatic N) is 2. The second-order valence-electron chi connectivity index (χ2n) is 4.92. The summed E-state index contributed by atoms with van der Waals surface area (Å²) >= 11 is 3.24. The predicted octanol–water partition coefficient (Wildman–Crippen LogP) is 3.05. The molecule has 0 unspecified atom stereocenters. The molecular formula is C13H15BrN2O4. The van der Waals surface area contributed by atoms with Crippen LogP contribution >= 0.6 is 15.9 Å². The third-order valence-corrected chi connectivity index (χ3v) is 4.05. The van der Waals surface area contributed by atoms with E-state index in [4.69, 9.17) is 5.11 Å². The van der Waals surface area contributed by atoms with Crippen LogP contribution in [0.4, 0.5) is 11.4 Å². The maximum absolute atomic E-state index is 11.1. The Morgan fingerprint density at radius 2 is 2.10 bits per heavy atom. The van der Waals surface area contributed by atoms with Gasteiger partial charge >= 0.3 is 5.97 Å². The number of carboxylic acids is 1. The zero-order chi connectivity index (χ0) is 14.7. The molecule has 0 atom stereocenters. The van der Waals surface area contributed by atoms with Crippen molar-refractivity contribution >= 4 is 33.3 Å². The van der Waals surface area contributed by atoms with Gasteiger partial charge < -0.3 is 10.0 Å². The van der Waals surface area contributed by atoms with E-state index in [2.05, 4.69) is 15.9 Å². The Labute approximate surface area is 124 Å². The number of anilines is 1. The molecule has 20 heavy (non-hydrogen) atoms. The summed E-state index contributed by atoms with van der Waals surface area (Å²) in [5.74, 6) is -0.615. The Morgan fingerprint density at radius 1 is 1.45 bits per heavy atom. The first kappa shape index (κ1) is 14.8. The summed E-state index contributed by atoms with van der Waals surface area (Å²) in [4.78, 5) is 23.4. The minimum atomic E-state index is -0.780. The van der Waals surface area contributed by atoms with Gasteiger partial charge in [0.1, 0.15) is 5.69 Å².